The summed E-state index contributed by atoms with van der Waals surface area (Å²) in [5.41, 5.74) is 1.14. The predicted octanol–water partition coefficient (Wildman–Crippen LogP) is 3.87. The van der Waals surface area contributed by atoms with E-state index in [1.807, 2.05) is 30.0 Å². The fourth-order valence-corrected chi connectivity index (χ4v) is 3.87. The van der Waals surface area contributed by atoms with Crippen LogP contribution in [0.4, 0.5) is 0 Å². The Morgan fingerprint density at radius 3 is 2.89 bits per heavy atom. The molecule has 4 heteroatoms. The fraction of sp³-hybridized carbons (Fsp3) is 0.500. The Hall–Kier alpha value is -0.670. The van der Waals surface area contributed by atoms with Gasteiger partial charge in [0.2, 0.25) is 0 Å². The molecule has 0 saturated heterocycles. The summed E-state index contributed by atoms with van der Waals surface area (Å²) in [5, 5.41) is 6.09. The van der Waals surface area contributed by atoms with Gasteiger partial charge < -0.3 is 5.32 Å². The Kier molecular flexibility index (Phi) is 3.53. The maximum atomic E-state index is 6.21. The topological polar surface area (TPSA) is 24.4 Å². The van der Waals surface area contributed by atoms with Crippen LogP contribution in [0.2, 0.25) is 5.02 Å². The number of rotatable bonds is 3. The average molecular weight is 281 g/mol. The van der Waals surface area contributed by atoms with Crippen LogP contribution in [0.3, 0.4) is 0 Å². The summed E-state index contributed by atoms with van der Waals surface area (Å²) in [6, 6.07) is 8.20. The van der Waals surface area contributed by atoms with Gasteiger partial charge in [0.1, 0.15) is 0 Å². The van der Waals surface area contributed by atoms with Crippen LogP contribution in [-0.4, -0.2) is 17.0 Å². The number of nitrogens with zero attached hydrogens (tertiary/aromatic N) is 1. The molecule has 2 nitrogen and oxygen atoms in total. The summed E-state index contributed by atoms with van der Waals surface area (Å²) < 4.78 is 0. The minimum absolute atomic E-state index is 0.211. The van der Waals surface area contributed by atoms with E-state index in [-0.39, 0.29) is 6.04 Å². The highest BCUT2D eigenvalue weighted by Gasteiger charge is 2.35. The lowest BCUT2D eigenvalue weighted by atomic mass is 10.1. The van der Waals surface area contributed by atoms with Gasteiger partial charge in [-0.1, -0.05) is 41.6 Å². The summed E-state index contributed by atoms with van der Waals surface area (Å²) in [6.07, 6.45) is 2.78. The number of hydrogen-bond donors (Lipinski definition) is 1. The highest BCUT2D eigenvalue weighted by Crippen LogP contribution is 2.41. The van der Waals surface area contributed by atoms with Crippen molar-refractivity contribution in [2.75, 3.05) is 6.54 Å². The van der Waals surface area contributed by atoms with Gasteiger partial charge in [0, 0.05) is 10.3 Å². The monoisotopic (exact) mass is 280 g/mol. The van der Waals surface area contributed by atoms with E-state index < -0.39 is 0 Å². The molecule has 3 rings (SSSR count). The number of thioether (sulfide) groups is 1. The Labute approximate surface area is 117 Å². The maximum absolute atomic E-state index is 6.21. The normalized spacial score (nSPS) is 24.8. The molecule has 0 spiro atoms. The zero-order valence-corrected chi connectivity index (χ0v) is 12.0. The van der Waals surface area contributed by atoms with Crippen molar-refractivity contribution in [3.05, 3.63) is 34.9 Å². The average Bonchev–Trinajstić information content (AvgIpc) is 3.11. The summed E-state index contributed by atoms with van der Waals surface area (Å²) in [7, 11) is 0. The van der Waals surface area contributed by atoms with Crippen molar-refractivity contribution in [2.45, 2.75) is 31.1 Å². The van der Waals surface area contributed by atoms with Crippen molar-refractivity contribution in [1.82, 2.24) is 5.32 Å². The molecule has 1 aromatic carbocycles. The molecule has 0 bridgehead atoms. The SMILES string of the molecule is CC(NC1=NCC(C2CC2)S1)c1ccccc1Cl. The van der Waals surface area contributed by atoms with Gasteiger partial charge in [-0.05, 0) is 37.3 Å². The van der Waals surface area contributed by atoms with E-state index in [0.29, 0.717) is 5.25 Å². The van der Waals surface area contributed by atoms with E-state index in [4.69, 9.17) is 11.6 Å². The minimum Gasteiger partial charge on any atom is -0.358 e. The van der Waals surface area contributed by atoms with Crippen LogP contribution in [-0.2, 0) is 0 Å². The molecular formula is C14H17ClN2S. The second kappa shape index (κ2) is 5.14. The van der Waals surface area contributed by atoms with Crippen LogP contribution in [0.25, 0.3) is 0 Å². The molecule has 18 heavy (non-hydrogen) atoms. The molecule has 0 radical (unpaired) electrons. The van der Waals surface area contributed by atoms with Gasteiger partial charge in [-0.15, -0.1) is 0 Å². The molecule has 0 aromatic heterocycles. The van der Waals surface area contributed by atoms with Crippen LogP contribution in [0, 0.1) is 5.92 Å². The van der Waals surface area contributed by atoms with Crippen molar-refractivity contribution >= 4 is 28.5 Å². The van der Waals surface area contributed by atoms with Gasteiger partial charge in [-0.3, -0.25) is 4.99 Å². The largest absolute Gasteiger partial charge is 0.358 e. The predicted molar refractivity (Wildman–Crippen MR) is 79.4 cm³/mol. The molecule has 1 heterocycles. The first-order valence-electron chi connectivity index (χ1n) is 6.46. The number of amidine groups is 1. The zero-order valence-electron chi connectivity index (χ0n) is 10.4. The lowest BCUT2D eigenvalue weighted by Crippen LogP contribution is -2.23. The second-order valence-corrected chi connectivity index (χ2v) is 6.66. The van der Waals surface area contributed by atoms with Crippen LogP contribution >= 0.6 is 23.4 Å². The third kappa shape index (κ3) is 2.67. The number of aliphatic imine (C=N–C) groups is 1. The van der Waals surface area contributed by atoms with Gasteiger partial charge >= 0.3 is 0 Å². The van der Waals surface area contributed by atoms with Crippen LogP contribution < -0.4 is 5.32 Å². The van der Waals surface area contributed by atoms with Crippen molar-refractivity contribution in [2.24, 2.45) is 10.9 Å². The highest BCUT2D eigenvalue weighted by molar-refractivity contribution is 8.14. The Morgan fingerprint density at radius 2 is 2.17 bits per heavy atom. The molecule has 2 atom stereocenters. The number of nitrogens with one attached hydrogen (secondary N) is 1. The molecule has 1 aliphatic carbocycles. The number of halogens is 1. The van der Waals surface area contributed by atoms with Gasteiger partial charge in [-0.25, -0.2) is 0 Å². The lowest BCUT2D eigenvalue weighted by Gasteiger charge is -2.16. The molecule has 0 amide bonds. The van der Waals surface area contributed by atoms with E-state index >= 15 is 0 Å². The first-order valence-corrected chi connectivity index (χ1v) is 7.72. The molecule has 1 saturated carbocycles. The second-order valence-electron chi connectivity index (χ2n) is 5.03. The van der Waals surface area contributed by atoms with Crippen LogP contribution in [0.15, 0.2) is 29.3 Å². The van der Waals surface area contributed by atoms with E-state index in [1.165, 1.54) is 12.8 Å². The quantitative estimate of drug-likeness (QED) is 0.909. The Bertz CT molecular complexity index is 471. The van der Waals surface area contributed by atoms with Crippen molar-refractivity contribution < 1.29 is 0 Å². The summed E-state index contributed by atoms with van der Waals surface area (Å²) in [6.45, 7) is 3.11. The molecule has 96 valence electrons. The molecule has 1 aliphatic heterocycles. The summed E-state index contributed by atoms with van der Waals surface area (Å²) in [4.78, 5) is 4.60. The third-order valence-electron chi connectivity index (χ3n) is 3.54. The van der Waals surface area contributed by atoms with Crippen LogP contribution in [0.5, 0.6) is 0 Å². The van der Waals surface area contributed by atoms with Gasteiger partial charge in [-0.2, -0.15) is 0 Å². The molecule has 1 fully saturated rings. The Balaban J connectivity index is 1.61. The van der Waals surface area contributed by atoms with E-state index in [0.717, 1.165) is 28.2 Å². The molecule has 2 unspecified atom stereocenters. The first-order chi connectivity index (χ1) is 8.74. The van der Waals surface area contributed by atoms with E-state index in [2.05, 4.69) is 23.3 Å². The van der Waals surface area contributed by atoms with Crippen LogP contribution in [0.1, 0.15) is 31.4 Å². The smallest absolute Gasteiger partial charge is 0.157 e. The maximum Gasteiger partial charge on any atom is 0.157 e. The fourth-order valence-electron chi connectivity index (χ4n) is 2.27. The number of hydrogen-bond acceptors (Lipinski definition) is 3. The summed E-state index contributed by atoms with van der Waals surface area (Å²) in [5.74, 6) is 0.911. The molecule has 2 aliphatic rings. The first kappa shape index (κ1) is 12.4. The number of benzene rings is 1. The van der Waals surface area contributed by atoms with Crippen molar-refractivity contribution in [3.63, 3.8) is 0 Å². The van der Waals surface area contributed by atoms with Gasteiger partial charge in [0.15, 0.2) is 5.17 Å². The summed E-state index contributed by atoms with van der Waals surface area (Å²) >= 11 is 8.11. The molecular weight excluding hydrogens is 264 g/mol. The third-order valence-corrected chi connectivity index (χ3v) is 5.19. The van der Waals surface area contributed by atoms with Crippen molar-refractivity contribution in [1.29, 1.82) is 0 Å². The minimum atomic E-state index is 0.211. The zero-order chi connectivity index (χ0) is 12.5. The van der Waals surface area contributed by atoms with E-state index in [1.54, 1.807) is 0 Å². The van der Waals surface area contributed by atoms with Gasteiger partial charge in [0.05, 0.1) is 12.6 Å². The molecule has 1 N–H and O–H groups in total. The van der Waals surface area contributed by atoms with Crippen molar-refractivity contribution in [3.8, 4) is 0 Å². The molecule has 1 aromatic rings. The lowest BCUT2D eigenvalue weighted by molar-refractivity contribution is 0.721. The van der Waals surface area contributed by atoms with E-state index in [9.17, 15) is 0 Å². The standard InChI is InChI=1S/C14H17ClN2S/c1-9(11-4-2-3-5-12(11)15)17-14-16-8-13(18-14)10-6-7-10/h2-5,9-10,13H,6-8H2,1H3,(H,16,17). The van der Waals surface area contributed by atoms with Gasteiger partial charge in [0.25, 0.3) is 0 Å². The highest BCUT2D eigenvalue weighted by atomic mass is 35.5. The Morgan fingerprint density at radius 1 is 1.39 bits per heavy atom.